The number of methoxy groups -OCH3 is 2. The largest absolute Gasteiger partial charge is 0.457 e. The number of nitrogens with one attached hydrogen (secondary N) is 1. The van der Waals surface area contributed by atoms with Gasteiger partial charge in [-0.2, -0.15) is 28.2 Å². The minimum atomic E-state index is -4.71. The number of alkyl halides is 3. The van der Waals surface area contributed by atoms with Crippen molar-refractivity contribution in [3.8, 4) is 11.5 Å². The van der Waals surface area contributed by atoms with Crippen molar-refractivity contribution in [1.29, 1.82) is 0 Å². The van der Waals surface area contributed by atoms with Crippen LogP contribution in [0.4, 0.5) is 18.9 Å². The van der Waals surface area contributed by atoms with E-state index in [0.717, 1.165) is 11.6 Å². The summed E-state index contributed by atoms with van der Waals surface area (Å²) in [5.41, 5.74) is 0.967. The van der Waals surface area contributed by atoms with Gasteiger partial charge in [-0.05, 0) is 42.3 Å². The number of aromatic nitrogens is 3. The zero-order valence-electron chi connectivity index (χ0n) is 23.4. The third-order valence-corrected chi connectivity index (χ3v) is 6.29. The molecule has 3 aromatic carbocycles. The Morgan fingerprint density at radius 2 is 1.60 bits per heavy atom. The molecular formula is C30H31F3N4O5. The molecule has 0 amide bonds. The molecular weight excluding hydrogens is 553 g/mol. The SMILES string of the molecule is COCC(COC)Nc1ccc(Oc2ccc(Cn3nccn3)cc2C(F)(F)F)c(C)c1C(=O)OCc1ccccc1. The monoisotopic (exact) mass is 584 g/mol. The summed E-state index contributed by atoms with van der Waals surface area (Å²) in [7, 11) is 3.08. The molecule has 4 aromatic rings. The summed E-state index contributed by atoms with van der Waals surface area (Å²) in [6.07, 6.45) is -1.82. The van der Waals surface area contributed by atoms with E-state index in [-0.39, 0.29) is 43.7 Å². The van der Waals surface area contributed by atoms with Crippen LogP contribution in [0, 0.1) is 6.92 Å². The average Bonchev–Trinajstić information content (AvgIpc) is 3.47. The maximum absolute atomic E-state index is 14.1. The molecule has 0 unspecified atom stereocenters. The van der Waals surface area contributed by atoms with Crippen LogP contribution in [0.2, 0.25) is 0 Å². The van der Waals surface area contributed by atoms with E-state index < -0.39 is 23.5 Å². The second-order valence-electron chi connectivity index (χ2n) is 9.41. The van der Waals surface area contributed by atoms with Gasteiger partial charge >= 0.3 is 12.1 Å². The zero-order chi connectivity index (χ0) is 30.1. The molecule has 0 atom stereocenters. The van der Waals surface area contributed by atoms with E-state index in [1.807, 2.05) is 30.3 Å². The number of anilines is 1. The third-order valence-electron chi connectivity index (χ3n) is 6.29. The van der Waals surface area contributed by atoms with Crippen molar-refractivity contribution in [3.63, 3.8) is 0 Å². The van der Waals surface area contributed by atoms with Crippen LogP contribution in [0.3, 0.4) is 0 Å². The minimum Gasteiger partial charge on any atom is -0.457 e. The second-order valence-corrected chi connectivity index (χ2v) is 9.41. The number of benzene rings is 3. The summed E-state index contributed by atoms with van der Waals surface area (Å²) in [4.78, 5) is 14.7. The third kappa shape index (κ3) is 7.86. The molecule has 0 saturated carbocycles. The van der Waals surface area contributed by atoms with Crippen molar-refractivity contribution < 1.29 is 36.9 Å². The van der Waals surface area contributed by atoms with Crippen LogP contribution in [-0.4, -0.2) is 54.4 Å². The van der Waals surface area contributed by atoms with Gasteiger partial charge in [0.25, 0.3) is 0 Å². The fourth-order valence-electron chi connectivity index (χ4n) is 4.33. The molecule has 0 aliphatic heterocycles. The van der Waals surface area contributed by atoms with Crippen LogP contribution in [-0.2, 0) is 33.5 Å². The summed E-state index contributed by atoms with van der Waals surface area (Å²) >= 11 is 0. The smallest absolute Gasteiger partial charge is 0.419 e. The topological polar surface area (TPSA) is 96.7 Å². The van der Waals surface area contributed by atoms with Crippen molar-refractivity contribution in [2.45, 2.75) is 32.3 Å². The summed E-state index contributed by atoms with van der Waals surface area (Å²) in [5, 5.41) is 11.1. The van der Waals surface area contributed by atoms with E-state index in [1.165, 1.54) is 49.6 Å². The maximum Gasteiger partial charge on any atom is 0.419 e. The molecule has 12 heteroatoms. The number of ether oxygens (including phenoxy) is 4. The normalized spacial score (nSPS) is 11.5. The molecule has 0 fully saturated rings. The van der Waals surface area contributed by atoms with Crippen molar-refractivity contribution in [1.82, 2.24) is 15.0 Å². The Morgan fingerprint density at radius 3 is 2.24 bits per heavy atom. The first-order chi connectivity index (χ1) is 20.2. The lowest BCUT2D eigenvalue weighted by molar-refractivity contribution is -0.138. The Hall–Kier alpha value is -4.42. The highest BCUT2D eigenvalue weighted by Gasteiger charge is 2.35. The van der Waals surface area contributed by atoms with E-state index in [0.29, 0.717) is 16.8 Å². The first-order valence-corrected chi connectivity index (χ1v) is 13.0. The van der Waals surface area contributed by atoms with Gasteiger partial charge in [-0.25, -0.2) is 4.79 Å². The number of hydrogen-bond donors (Lipinski definition) is 1. The lowest BCUT2D eigenvalue weighted by atomic mass is 10.0. The number of rotatable bonds is 13. The first-order valence-electron chi connectivity index (χ1n) is 13.0. The Labute approximate surface area is 241 Å². The molecule has 1 aromatic heterocycles. The molecule has 222 valence electrons. The predicted molar refractivity (Wildman–Crippen MR) is 149 cm³/mol. The summed E-state index contributed by atoms with van der Waals surface area (Å²) in [6.45, 7) is 2.20. The minimum absolute atomic E-state index is 0.00794. The molecule has 0 saturated heterocycles. The van der Waals surface area contributed by atoms with Crippen LogP contribution < -0.4 is 10.1 Å². The van der Waals surface area contributed by atoms with Gasteiger partial charge in [0, 0.05) is 25.5 Å². The molecule has 9 nitrogen and oxygen atoms in total. The number of carbonyl (C=O) groups excluding carboxylic acids is 1. The van der Waals surface area contributed by atoms with Crippen molar-refractivity contribution in [2.75, 3.05) is 32.8 Å². The highest BCUT2D eigenvalue weighted by atomic mass is 19.4. The summed E-state index contributed by atoms with van der Waals surface area (Å²) < 4.78 is 64.2. The summed E-state index contributed by atoms with van der Waals surface area (Å²) in [6, 6.07) is 15.6. The molecule has 0 aliphatic carbocycles. The Morgan fingerprint density at radius 1 is 0.929 bits per heavy atom. The van der Waals surface area contributed by atoms with Crippen LogP contribution >= 0.6 is 0 Å². The lowest BCUT2D eigenvalue weighted by Crippen LogP contribution is -2.30. The molecule has 0 bridgehead atoms. The van der Waals surface area contributed by atoms with E-state index in [1.54, 1.807) is 13.0 Å². The van der Waals surface area contributed by atoms with E-state index in [4.69, 9.17) is 18.9 Å². The van der Waals surface area contributed by atoms with Crippen LogP contribution in [0.15, 0.2) is 73.1 Å². The maximum atomic E-state index is 14.1. The molecule has 0 aliphatic rings. The quantitative estimate of drug-likeness (QED) is 0.195. The van der Waals surface area contributed by atoms with Gasteiger partial charge in [-0.1, -0.05) is 36.4 Å². The molecule has 1 heterocycles. The number of hydrogen-bond acceptors (Lipinski definition) is 8. The Balaban J connectivity index is 1.68. The molecule has 1 N–H and O–H groups in total. The van der Waals surface area contributed by atoms with Gasteiger partial charge in [0.1, 0.15) is 18.1 Å². The standard InChI is InChI=1S/C30H31F3N4O5/c1-20-26(42-27-11-9-22(15-24(27)30(31,32)33)16-37-34-13-14-35-37)12-10-25(36-23(18-39-2)19-40-3)28(20)29(38)41-17-21-7-5-4-6-8-21/h4-15,23,36H,16-19H2,1-3H3. The van der Waals surface area contributed by atoms with Gasteiger partial charge in [0.2, 0.25) is 0 Å². The van der Waals surface area contributed by atoms with Gasteiger partial charge in [-0.15, -0.1) is 0 Å². The van der Waals surface area contributed by atoms with Crippen LogP contribution in [0.5, 0.6) is 11.5 Å². The van der Waals surface area contributed by atoms with Gasteiger partial charge in [-0.3, -0.25) is 0 Å². The summed E-state index contributed by atoms with van der Waals surface area (Å²) in [5.74, 6) is -1.02. The van der Waals surface area contributed by atoms with Gasteiger partial charge in [0.15, 0.2) is 0 Å². The highest BCUT2D eigenvalue weighted by molar-refractivity contribution is 5.98. The van der Waals surface area contributed by atoms with Crippen molar-refractivity contribution in [3.05, 3.63) is 101 Å². The number of halogens is 3. The molecule has 4 rings (SSSR count). The van der Waals surface area contributed by atoms with E-state index in [9.17, 15) is 18.0 Å². The highest BCUT2D eigenvalue weighted by Crippen LogP contribution is 2.40. The van der Waals surface area contributed by atoms with E-state index >= 15 is 0 Å². The van der Waals surface area contributed by atoms with E-state index in [2.05, 4.69) is 15.5 Å². The van der Waals surface area contributed by atoms with Gasteiger partial charge < -0.3 is 24.3 Å². The fraction of sp³-hybridized carbons (Fsp3) is 0.300. The predicted octanol–water partition coefficient (Wildman–Crippen LogP) is 5.88. The number of nitrogens with zero attached hydrogens (tertiary/aromatic N) is 3. The van der Waals surface area contributed by atoms with Crippen molar-refractivity contribution >= 4 is 11.7 Å². The number of carbonyl (C=O) groups is 1. The number of esters is 1. The molecule has 42 heavy (non-hydrogen) atoms. The first kappa shape index (κ1) is 30.5. The Kier molecular flexibility index (Phi) is 10.2. The molecule has 0 radical (unpaired) electrons. The zero-order valence-corrected chi connectivity index (χ0v) is 23.4. The van der Waals surface area contributed by atoms with Gasteiger partial charge in [0.05, 0.1) is 49.3 Å². The van der Waals surface area contributed by atoms with Crippen molar-refractivity contribution in [2.24, 2.45) is 0 Å². The Bertz CT molecular complexity index is 1460. The fourth-order valence-corrected chi connectivity index (χ4v) is 4.33. The second kappa shape index (κ2) is 14.0. The van der Waals surface area contributed by atoms with Crippen LogP contribution in [0.1, 0.15) is 32.6 Å². The lowest BCUT2D eigenvalue weighted by Gasteiger charge is -2.23. The average molecular weight is 585 g/mol. The van der Waals surface area contributed by atoms with Crippen LogP contribution in [0.25, 0.3) is 0 Å². The molecule has 0 spiro atoms.